The topological polar surface area (TPSA) is 37.6 Å². The number of aromatic nitrogens is 1. The molecule has 0 atom stereocenters. The molecule has 1 aromatic heterocycles. The number of nitrogens with zero attached hydrogens (tertiary/aromatic N) is 3. The van der Waals surface area contributed by atoms with E-state index in [1.807, 2.05) is 58.0 Å². The first kappa shape index (κ1) is 27.1. The van der Waals surface area contributed by atoms with Crippen molar-refractivity contribution in [2.24, 2.45) is 9.98 Å². The number of benzene rings is 2. The zero-order chi connectivity index (χ0) is 24.7. The molecule has 176 valence electrons. The molecule has 33 heavy (non-hydrogen) atoms. The van der Waals surface area contributed by atoms with E-state index in [2.05, 4.69) is 15.0 Å². The number of pyridine rings is 1. The third-order valence-corrected chi connectivity index (χ3v) is 4.85. The zero-order valence-electron chi connectivity index (χ0n) is 19.2. The molecule has 2 aromatic carbocycles. The van der Waals surface area contributed by atoms with Crippen LogP contribution in [-0.4, -0.2) is 16.4 Å². The average molecular weight is 532 g/mol. The van der Waals surface area contributed by atoms with E-state index in [-0.39, 0.29) is 24.8 Å². The minimum atomic E-state index is -0.355. The predicted molar refractivity (Wildman–Crippen MR) is 131 cm³/mol. The van der Waals surface area contributed by atoms with Crippen LogP contribution in [0.5, 0.6) is 0 Å². The SMILES string of the molecule is CC(=Nc1c(C)cc(C)cc1F)c1cccc(C(C)=Nc2c(C)cc(C)cc2F)n1.[Cl][Fe][Cl]. The Bertz CT molecular complexity index is 1080. The van der Waals surface area contributed by atoms with Crippen LogP contribution in [0.3, 0.4) is 0 Å². The van der Waals surface area contributed by atoms with E-state index in [4.69, 9.17) is 20.2 Å². The van der Waals surface area contributed by atoms with Crippen LogP contribution in [0.25, 0.3) is 0 Å². The molecule has 0 aliphatic heterocycles. The van der Waals surface area contributed by atoms with Crippen molar-refractivity contribution in [3.63, 3.8) is 0 Å². The van der Waals surface area contributed by atoms with Gasteiger partial charge in [0.15, 0.2) is 0 Å². The number of rotatable bonds is 4. The third kappa shape index (κ3) is 7.44. The van der Waals surface area contributed by atoms with Gasteiger partial charge in [0.25, 0.3) is 0 Å². The van der Waals surface area contributed by atoms with Crippen molar-refractivity contribution in [3.8, 4) is 0 Å². The van der Waals surface area contributed by atoms with Crippen molar-refractivity contribution in [2.75, 3.05) is 0 Å². The molecular formula is C25H25Cl2F2FeN3. The molecule has 0 unspecified atom stereocenters. The molecule has 3 nitrogen and oxygen atoms in total. The van der Waals surface area contributed by atoms with Gasteiger partial charge in [-0.3, -0.25) is 0 Å². The number of hydrogen-bond donors (Lipinski definition) is 0. The Kier molecular flexibility index (Phi) is 10.2. The Hall–Kier alpha value is -2.11. The van der Waals surface area contributed by atoms with Crippen molar-refractivity contribution in [1.29, 1.82) is 0 Å². The molecule has 0 saturated heterocycles. The van der Waals surface area contributed by atoms with E-state index in [1.54, 1.807) is 13.8 Å². The summed E-state index contributed by atoms with van der Waals surface area (Å²) in [5.41, 5.74) is 6.28. The van der Waals surface area contributed by atoms with Crippen molar-refractivity contribution in [1.82, 2.24) is 4.98 Å². The van der Waals surface area contributed by atoms with E-state index in [1.165, 1.54) is 12.1 Å². The van der Waals surface area contributed by atoms with Gasteiger partial charge < -0.3 is 0 Å². The van der Waals surface area contributed by atoms with E-state index in [9.17, 15) is 8.78 Å². The van der Waals surface area contributed by atoms with Gasteiger partial charge in [-0.2, -0.15) is 0 Å². The second kappa shape index (κ2) is 12.4. The summed E-state index contributed by atoms with van der Waals surface area (Å²) in [6.07, 6.45) is 0. The van der Waals surface area contributed by atoms with Gasteiger partial charge >= 0.3 is 33.3 Å². The summed E-state index contributed by atoms with van der Waals surface area (Å²) in [6.45, 7) is 11.0. The third-order valence-electron chi connectivity index (χ3n) is 4.85. The normalized spacial score (nSPS) is 11.9. The Morgan fingerprint density at radius 1 is 0.758 bits per heavy atom. The summed E-state index contributed by atoms with van der Waals surface area (Å²) in [7, 11) is 9.53. The fraction of sp³-hybridized carbons (Fsp3) is 0.240. The summed E-state index contributed by atoms with van der Waals surface area (Å²) in [5, 5.41) is 0. The molecule has 0 fully saturated rings. The van der Waals surface area contributed by atoms with Gasteiger partial charge in [0.2, 0.25) is 0 Å². The van der Waals surface area contributed by atoms with Crippen LogP contribution in [0, 0.1) is 39.3 Å². The molecule has 3 aromatic rings. The summed E-state index contributed by atoms with van der Waals surface area (Å²) >= 11 is 0.194. The monoisotopic (exact) mass is 531 g/mol. The second-order valence-corrected chi connectivity index (χ2v) is 9.50. The fourth-order valence-electron chi connectivity index (χ4n) is 3.39. The van der Waals surface area contributed by atoms with Crippen LogP contribution >= 0.6 is 20.2 Å². The number of halogens is 4. The Balaban J connectivity index is 0.00000122. The molecule has 0 spiro atoms. The van der Waals surface area contributed by atoms with E-state index < -0.39 is 0 Å². The summed E-state index contributed by atoms with van der Waals surface area (Å²) < 4.78 is 28.7. The molecule has 0 saturated carbocycles. The first-order valence-corrected chi connectivity index (χ1v) is 13.1. The Morgan fingerprint density at radius 2 is 1.12 bits per heavy atom. The first-order valence-electron chi connectivity index (χ1n) is 10.0. The van der Waals surface area contributed by atoms with Gasteiger partial charge in [-0.05, 0) is 88.1 Å². The van der Waals surface area contributed by atoms with E-state index in [0.717, 1.165) is 22.3 Å². The summed E-state index contributed by atoms with van der Waals surface area (Å²) in [4.78, 5) is 13.6. The number of hydrogen-bond acceptors (Lipinski definition) is 3. The first-order chi connectivity index (χ1) is 15.6. The number of aliphatic imine (C=N–C) groups is 2. The number of aryl methyl sites for hydroxylation is 4. The van der Waals surface area contributed by atoms with Crippen LogP contribution in [0.15, 0.2) is 52.4 Å². The van der Waals surface area contributed by atoms with Crippen LogP contribution < -0.4 is 0 Å². The van der Waals surface area contributed by atoms with Gasteiger partial charge in [-0.25, -0.2) is 23.7 Å². The molecular weight excluding hydrogens is 507 g/mol. The van der Waals surface area contributed by atoms with E-state index >= 15 is 0 Å². The van der Waals surface area contributed by atoms with Gasteiger partial charge in [-0.1, -0.05) is 18.2 Å². The van der Waals surface area contributed by atoms with Crippen molar-refractivity contribution < 1.29 is 21.9 Å². The Morgan fingerprint density at radius 3 is 1.45 bits per heavy atom. The maximum absolute atomic E-state index is 14.4. The minimum absolute atomic E-state index is 0.194. The quantitative estimate of drug-likeness (QED) is 0.246. The van der Waals surface area contributed by atoms with Gasteiger partial charge in [-0.15, -0.1) is 0 Å². The van der Waals surface area contributed by atoms with Crippen molar-refractivity contribution in [2.45, 2.75) is 41.5 Å². The average Bonchev–Trinajstić information content (AvgIpc) is 2.73. The molecule has 3 rings (SSSR count). The molecule has 0 radical (unpaired) electrons. The van der Waals surface area contributed by atoms with Crippen LogP contribution in [-0.2, 0) is 13.1 Å². The summed E-state index contributed by atoms with van der Waals surface area (Å²) in [6, 6.07) is 12.2. The van der Waals surface area contributed by atoms with Gasteiger partial charge in [0.1, 0.15) is 23.0 Å². The van der Waals surface area contributed by atoms with E-state index in [0.29, 0.717) is 34.2 Å². The summed E-state index contributed by atoms with van der Waals surface area (Å²) in [5.74, 6) is -0.711. The predicted octanol–water partition coefficient (Wildman–Crippen LogP) is 8.25. The van der Waals surface area contributed by atoms with Gasteiger partial charge in [0, 0.05) is 0 Å². The molecule has 1 heterocycles. The zero-order valence-corrected chi connectivity index (χ0v) is 21.9. The maximum atomic E-state index is 14.4. The molecule has 0 amide bonds. The molecule has 8 heteroatoms. The molecule has 0 aliphatic carbocycles. The van der Waals surface area contributed by atoms with Crippen LogP contribution in [0.2, 0.25) is 0 Å². The fourth-order valence-corrected chi connectivity index (χ4v) is 3.39. The standard InChI is InChI=1S/C25H25F2N3.2ClH.Fe/c1-14-10-16(3)24(20(26)12-14)28-18(5)22-8-7-9-23(30-22)19(6)29-25-17(4)11-15(2)13-21(25)27;;;/h7-13H,1-6H3;2*1H;/q;;;+2/p-2. The van der Waals surface area contributed by atoms with Crippen molar-refractivity contribution >= 4 is 43.0 Å². The van der Waals surface area contributed by atoms with Crippen LogP contribution in [0.1, 0.15) is 47.5 Å². The van der Waals surface area contributed by atoms with Crippen molar-refractivity contribution in [3.05, 3.63) is 87.7 Å². The molecule has 0 bridgehead atoms. The van der Waals surface area contributed by atoms with Gasteiger partial charge in [0.05, 0.1) is 22.8 Å². The van der Waals surface area contributed by atoms with Crippen LogP contribution in [0.4, 0.5) is 20.2 Å². The molecule has 0 N–H and O–H groups in total. The molecule has 0 aliphatic rings. The Labute approximate surface area is 208 Å². The second-order valence-electron chi connectivity index (χ2n) is 7.68.